The first kappa shape index (κ1) is 12.3. The van der Waals surface area contributed by atoms with Gasteiger partial charge in [-0.3, -0.25) is 4.79 Å². The van der Waals surface area contributed by atoms with E-state index in [9.17, 15) is 4.79 Å². The van der Waals surface area contributed by atoms with Crippen LogP contribution in [0.4, 0.5) is 0 Å². The van der Waals surface area contributed by atoms with Crippen molar-refractivity contribution in [2.24, 2.45) is 16.7 Å². The summed E-state index contributed by atoms with van der Waals surface area (Å²) in [4.78, 5) is 12.7. The highest BCUT2D eigenvalue weighted by molar-refractivity contribution is 5.87. The third-order valence-electron chi connectivity index (χ3n) is 6.02. The fraction of sp³-hybridized carbons (Fsp3) is 0.812. The minimum Gasteiger partial charge on any atom is -0.353 e. The largest absolute Gasteiger partial charge is 0.353 e. The molecule has 18 heavy (non-hydrogen) atoms. The Labute approximate surface area is 110 Å². The first-order chi connectivity index (χ1) is 8.47. The molecule has 2 nitrogen and oxygen atoms in total. The third kappa shape index (κ3) is 1.50. The second-order valence-electron chi connectivity index (χ2n) is 7.18. The van der Waals surface area contributed by atoms with E-state index >= 15 is 0 Å². The lowest BCUT2D eigenvalue weighted by atomic mass is 9.68. The van der Waals surface area contributed by atoms with Crippen LogP contribution in [-0.2, 0) is 4.79 Å². The molecular weight excluding hydrogens is 222 g/mol. The lowest BCUT2D eigenvalue weighted by molar-refractivity contribution is -0.129. The van der Waals surface area contributed by atoms with Crippen LogP contribution in [0.25, 0.3) is 0 Å². The van der Waals surface area contributed by atoms with Gasteiger partial charge in [0.15, 0.2) is 0 Å². The molecule has 3 saturated carbocycles. The number of hydrogen-bond donors (Lipinski definition) is 1. The molecule has 1 N–H and O–H groups in total. The minimum atomic E-state index is -0.225. The lowest BCUT2D eigenvalue weighted by Gasteiger charge is -2.37. The van der Waals surface area contributed by atoms with Gasteiger partial charge >= 0.3 is 0 Å². The predicted molar refractivity (Wildman–Crippen MR) is 73.1 cm³/mol. The average Bonchev–Trinajstić information content (AvgIpc) is 2.98. The smallest absolute Gasteiger partial charge is 0.230 e. The Morgan fingerprint density at radius 1 is 1.28 bits per heavy atom. The summed E-state index contributed by atoms with van der Waals surface area (Å²) < 4.78 is 0. The molecule has 2 atom stereocenters. The number of fused-ring (bicyclic) bond motifs is 2. The fourth-order valence-corrected chi connectivity index (χ4v) is 4.54. The number of nitrogens with one attached hydrogen (secondary N) is 1. The molecule has 3 aliphatic carbocycles. The van der Waals surface area contributed by atoms with Gasteiger partial charge in [-0.05, 0) is 43.4 Å². The summed E-state index contributed by atoms with van der Waals surface area (Å²) >= 11 is 0. The minimum absolute atomic E-state index is 0.158. The van der Waals surface area contributed by atoms with E-state index in [-0.39, 0.29) is 16.7 Å². The van der Waals surface area contributed by atoms with Crippen molar-refractivity contribution < 1.29 is 4.79 Å². The number of carbonyl (C=O) groups excluding carboxylic acids is 1. The summed E-state index contributed by atoms with van der Waals surface area (Å²) in [6.45, 7) is 8.83. The van der Waals surface area contributed by atoms with Gasteiger partial charge in [0.25, 0.3) is 0 Å². The van der Waals surface area contributed by atoms with Crippen LogP contribution in [0.3, 0.4) is 0 Å². The van der Waals surface area contributed by atoms with Crippen molar-refractivity contribution in [1.29, 1.82) is 0 Å². The molecule has 0 aromatic heterocycles. The van der Waals surface area contributed by atoms with E-state index in [4.69, 9.17) is 0 Å². The van der Waals surface area contributed by atoms with Crippen molar-refractivity contribution in [3.05, 3.63) is 12.2 Å². The summed E-state index contributed by atoms with van der Waals surface area (Å²) in [5.41, 5.74) is 1.13. The van der Waals surface area contributed by atoms with E-state index in [1.54, 1.807) is 0 Å². The zero-order valence-corrected chi connectivity index (χ0v) is 11.7. The van der Waals surface area contributed by atoms with Crippen LogP contribution < -0.4 is 5.32 Å². The van der Waals surface area contributed by atoms with Gasteiger partial charge in [-0.15, -0.1) is 0 Å². The highest BCUT2D eigenvalue weighted by Crippen LogP contribution is 2.65. The van der Waals surface area contributed by atoms with Gasteiger partial charge < -0.3 is 5.32 Å². The van der Waals surface area contributed by atoms with Gasteiger partial charge in [-0.2, -0.15) is 0 Å². The van der Waals surface area contributed by atoms with Gasteiger partial charge in [0, 0.05) is 6.04 Å². The molecule has 0 spiro atoms. The molecule has 0 saturated heterocycles. The summed E-state index contributed by atoms with van der Waals surface area (Å²) in [6, 6.07) is 0.433. The molecule has 100 valence electrons. The number of hydrogen-bond acceptors (Lipinski definition) is 1. The fourth-order valence-electron chi connectivity index (χ4n) is 4.54. The van der Waals surface area contributed by atoms with Crippen molar-refractivity contribution in [3.8, 4) is 0 Å². The SMILES string of the molecule is C=C1C(C)(C)[C@@H]2CC[C@@]1(C(=O)NC1CCCC1)C2. The van der Waals surface area contributed by atoms with Gasteiger partial charge in [0.05, 0.1) is 5.41 Å². The zero-order valence-electron chi connectivity index (χ0n) is 11.7. The maximum atomic E-state index is 12.7. The van der Waals surface area contributed by atoms with Crippen LogP contribution in [0.1, 0.15) is 58.8 Å². The van der Waals surface area contributed by atoms with Gasteiger partial charge in [-0.25, -0.2) is 0 Å². The van der Waals surface area contributed by atoms with Crippen molar-refractivity contribution in [3.63, 3.8) is 0 Å². The molecule has 1 amide bonds. The van der Waals surface area contributed by atoms with E-state index in [0.717, 1.165) is 12.8 Å². The number of carbonyl (C=O) groups is 1. The van der Waals surface area contributed by atoms with Gasteiger partial charge in [-0.1, -0.05) is 38.8 Å². The Balaban J connectivity index is 1.78. The molecule has 3 aliphatic rings. The molecule has 0 aromatic carbocycles. The highest BCUT2D eigenvalue weighted by atomic mass is 16.2. The summed E-state index contributed by atoms with van der Waals surface area (Å²) in [5, 5.41) is 3.31. The molecule has 2 heteroatoms. The quantitative estimate of drug-likeness (QED) is 0.744. The van der Waals surface area contributed by atoms with Crippen LogP contribution >= 0.6 is 0 Å². The first-order valence-electron chi connectivity index (χ1n) is 7.48. The Morgan fingerprint density at radius 3 is 2.50 bits per heavy atom. The predicted octanol–water partition coefficient (Wildman–Crippen LogP) is 3.43. The van der Waals surface area contributed by atoms with Crippen molar-refractivity contribution >= 4 is 5.91 Å². The van der Waals surface area contributed by atoms with Crippen LogP contribution in [0.15, 0.2) is 12.2 Å². The van der Waals surface area contributed by atoms with E-state index in [0.29, 0.717) is 12.0 Å². The van der Waals surface area contributed by atoms with Crippen molar-refractivity contribution in [1.82, 2.24) is 5.32 Å². The highest BCUT2D eigenvalue weighted by Gasteiger charge is 2.60. The van der Waals surface area contributed by atoms with Crippen LogP contribution in [0.5, 0.6) is 0 Å². The monoisotopic (exact) mass is 247 g/mol. The van der Waals surface area contributed by atoms with E-state index in [2.05, 4.69) is 25.7 Å². The third-order valence-corrected chi connectivity index (χ3v) is 6.02. The maximum absolute atomic E-state index is 12.7. The molecule has 0 aliphatic heterocycles. The van der Waals surface area contributed by atoms with Gasteiger partial charge in [0.2, 0.25) is 5.91 Å². The summed E-state index contributed by atoms with van der Waals surface area (Å²) in [6.07, 6.45) is 8.14. The Morgan fingerprint density at radius 2 is 1.94 bits per heavy atom. The Bertz CT molecular complexity index is 392. The van der Waals surface area contributed by atoms with Crippen LogP contribution in [0.2, 0.25) is 0 Å². The molecular formula is C16H25NO. The van der Waals surface area contributed by atoms with Gasteiger partial charge in [0.1, 0.15) is 0 Å². The average molecular weight is 247 g/mol. The first-order valence-corrected chi connectivity index (χ1v) is 7.48. The molecule has 3 fully saturated rings. The van der Waals surface area contributed by atoms with E-state index in [1.165, 1.54) is 37.7 Å². The molecule has 3 rings (SSSR count). The Kier molecular flexibility index (Phi) is 2.62. The Hall–Kier alpha value is -0.790. The standard InChI is InChI=1S/C16H25NO/c1-11-15(2,3)12-8-9-16(11,10-12)14(18)17-13-6-4-5-7-13/h12-13H,1,4-10H2,2-3H3,(H,17,18)/t12-,16-/m1/s1. The summed E-state index contributed by atoms with van der Waals surface area (Å²) in [5.74, 6) is 0.951. The van der Waals surface area contributed by atoms with Crippen molar-refractivity contribution in [2.75, 3.05) is 0 Å². The maximum Gasteiger partial charge on any atom is 0.230 e. The van der Waals surface area contributed by atoms with Crippen LogP contribution in [0, 0.1) is 16.7 Å². The second-order valence-corrected chi connectivity index (χ2v) is 7.18. The molecule has 2 bridgehead atoms. The van der Waals surface area contributed by atoms with Crippen molar-refractivity contribution in [2.45, 2.75) is 64.8 Å². The van der Waals surface area contributed by atoms with E-state index < -0.39 is 0 Å². The zero-order chi connectivity index (χ0) is 13.0. The summed E-state index contributed by atoms with van der Waals surface area (Å²) in [7, 11) is 0. The number of amides is 1. The molecule has 0 heterocycles. The normalized spacial score (nSPS) is 38.3. The molecule has 0 radical (unpaired) electrons. The number of rotatable bonds is 2. The van der Waals surface area contributed by atoms with Crippen LogP contribution in [-0.4, -0.2) is 11.9 Å². The molecule has 0 aromatic rings. The molecule has 0 unspecified atom stereocenters. The van der Waals surface area contributed by atoms with E-state index in [1.807, 2.05) is 0 Å². The lowest BCUT2D eigenvalue weighted by Crippen LogP contribution is -2.45. The topological polar surface area (TPSA) is 29.1 Å². The second kappa shape index (κ2) is 3.85.